The number of methoxy groups -OCH3 is 1. The van der Waals surface area contributed by atoms with Crippen LogP contribution in [0.2, 0.25) is 5.02 Å². The predicted molar refractivity (Wildman–Crippen MR) is 55.1 cm³/mol. The third kappa shape index (κ3) is 1.93. The van der Waals surface area contributed by atoms with Crippen LogP contribution >= 0.6 is 27.5 Å². The lowest BCUT2D eigenvalue weighted by atomic mass is 10.2. The molecule has 0 atom stereocenters. The second-order valence-electron chi connectivity index (χ2n) is 2.43. The molecule has 3 heteroatoms. The van der Waals surface area contributed by atoms with E-state index < -0.39 is 0 Å². The van der Waals surface area contributed by atoms with E-state index in [4.69, 9.17) is 16.3 Å². The van der Waals surface area contributed by atoms with Gasteiger partial charge < -0.3 is 4.74 Å². The Balaban J connectivity index is 3.16. The lowest BCUT2D eigenvalue weighted by Crippen LogP contribution is -1.88. The normalized spacial score (nSPS) is 10.0. The fraction of sp³-hybridized carbons (Fsp3) is 0.333. The first-order valence-corrected chi connectivity index (χ1v) is 4.88. The summed E-state index contributed by atoms with van der Waals surface area (Å²) in [4.78, 5) is 0. The Labute approximate surface area is 85.8 Å². The van der Waals surface area contributed by atoms with Crippen LogP contribution in [0, 0.1) is 0 Å². The molecule has 0 amide bonds. The first kappa shape index (κ1) is 9.87. The summed E-state index contributed by atoms with van der Waals surface area (Å²) in [7, 11) is 1.63. The van der Waals surface area contributed by atoms with Gasteiger partial charge in [0.05, 0.1) is 11.6 Å². The number of benzene rings is 1. The zero-order valence-corrected chi connectivity index (χ0v) is 9.37. The summed E-state index contributed by atoms with van der Waals surface area (Å²) < 4.78 is 6.04. The lowest BCUT2D eigenvalue weighted by Gasteiger charge is -2.06. The van der Waals surface area contributed by atoms with Gasteiger partial charge in [-0.1, -0.05) is 18.5 Å². The van der Waals surface area contributed by atoms with Gasteiger partial charge in [0, 0.05) is 11.1 Å². The molecule has 12 heavy (non-hydrogen) atoms. The van der Waals surface area contributed by atoms with Crippen LogP contribution < -0.4 is 4.74 Å². The summed E-state index contributed by atoms with van der Waals surface area (Å²) in [6.45, 7) is 2.07. The van der Waals surface area contributed by atoms with Crippen LogP contribution in [0.1, 0.15) is 12.5 Å². The van der Waals surface area contributed by atoms with Gasteiger partial charge in [-0.25, -0.2) is 0 Å². The minimum Gasteiger partial charge on any atom is -0.496 e. The van der Waals surface area contributed by atoms with E-state index in [1.165, 1.54) is 0 Å². The van der Waals surface area contributed by atoms with Crippen LogP contribution in [-0.4, -0.2) is 7.11 Å². The van der Waals surface area contributed by atoms with Gasteiger partial charge in [-0.15, -0.1) is 0 Å². The Kier molecular flexibility index (Phi) is 3.41. The Morgan fingerprint density at radius 1 is 1.50 bits per heavy atom. The first-order chi connectivity index (χ1) is 5.69. The van der Waals surface area contributed by atoms with E-state index in [2.05, 4.69) is 22.9 Å². The number of halogens is 2. The average Bonchev–Trinajstić information content (AvgIpc) is 2.08. The quantitative estimate of drug-likeness (QED) is 0.777. The van der Waals surface area contributed by atoms with Crippen molar-refractivity contribution in [3.63, 3.8) is 0 Å². The Hall–Kier alpha value is -0.210. The molecular formula is C9H10BrClO. The van der Waals surface area contributed by atoms with Crippen molar-refractivity contribution < 1.29 is 4.74 Å². The summed E-state index contributed by atoms with van der Waals surface area (Å²) >= 11 is 9.38. The summed E-state index contributed by atoms with van der Waals surface area (Å²) in [6, 6.07) is 3.81. The van der Waals surface area contributed by atoms with Crippen molar-refractivity contribution in [3.05, 3.63) is 27.2 Å². The summed E-state index contributed by atoms with van der Waals surface area (Å²) in [5.74, 6) is 0.775. The highest BCUT2D eigenvalue weighted by molar-refractivity contribution is 9.10. The van der Waals surface area contributed by atoms with Gasteiger partial charge in [0.2, 0.25) is 0 Å². The molecule has 0 aliphatic heterocycles. The monoisotopic (exact) mass is 248 g/mol. The molecule has 0 aliphatic carbocycles. The van der Waals surface area contributed by atoms with E-state index in [-0.39, 0.29) is 0 Å². The van der Waals surface area contributed by atoms with E-state index >= 15 is 0 Å². The summed E-state index contributed by atoms with van der Waals surface area (Å²) in [5.41, 5.74) is 1.13. The van der Waals surface area contributed by atoms with Gasteiger partial charge in [0.1, 0.15) is 5.75 Å². The number of hydrogen-bond donors (Lipinski definition) is 0. The lowest BCUT2D eigenvalue weighted by molar-refractivity contribution is 0.412. The molecule has 0 aromatic heterocycles. The van der Waals surface area contributed by atoms with Gasteiger partial charge in [-0.3, -0.25) is 0 Å². The molecule has 0 saturated heterocycles. The molecular weight excluding hydrogens is 239 g/mol. The second kappa shape index (κ2) is 4.15. The van der Waals surface area contributed by atoms with Gasteiger partial charge >= 0.3 is 0 Å². The standard InChI is InChI=1S/C9H10BrClO/c1-3-6-4-7(10)9(12-2)5-8(6)11/h4-5H,3H2,1-2H3. The molecule has 1 aromatic rings. The molecule has 66 valence electrons. The van der Waals surface area contributed by atoms with Gasteiger partial charge in [0.25, 0.3) is 0 Å². The maximum Gasteiger partial charge on any atom is 0.134 e. The topological polar surface area (TPSA) is 9.23 Å². The van der Waals surface area contributed by atoms with Crippen molar-refractivity contribution >= 4 is 27.5 Å². The van der Waals surface area contributed by atoms with Crippen molar-refractivity contribution in [2.24, 2.45) is 0 Å². The van der Waals surface area contributed by atoms with Gasteiger partial charge in [-0.05, 0) is 34.0 Å². The van der Waals surface area contributed by atoms with Crippen LogP contribution in [-0.2, 0) is 6.42 Å². The molecule has 0 saturated carbocycles. The van der Waals surface area contributed by atoms with Crippen molar-refractivity contribution in [1.29, 1.82) is 0 Å². The predicted octanol–water partition coefficient (Wildman–Crippen LogP) is 3.67. The van der Waals surface area contributed by atoms with Crippen LogP contribution in [0.5, 0.6) is 5.75 Å². The highest BCUT2D eigenvalue weighted by Gasteiger charge is 2.04. The van der Waals surface area contributed by atoms with Crippen molar-refractivity contribution in [1.82, 2.24) is 0 Å². The van der Waals surface area contributed by atoms with Crippen LogP contribution in [0.3, 0.4) is 0 Å². The highest BCUT2D eigenvalue weighted by Crippen LogP contribution is 2.31. The maximum absolute atomic E-state index is 5.98. The molecule has 0 fully saturated rings. The SMILES string of the molecule is CCc1cc(Br)c(OC)cc1Cl. The molecule has 1 nitrogen and oxygen atoms in total. The fourth-order valence-electron chi connectivity index (χ4n) is 0.997. The zero-order chi connectivity index (χ0) is 9.14. The molecule has 0 heterocycles. The van der Waals surface area contributed by atoms with E-state index in [0.29, 0.717) is 0 Å². The fourth-order valence-corrected chi connectivity index (χ4v) is 1.84. The molecule has 1 aromatic carbocycles. The van der Waals surface area contributed by atoms with Crippen molar-refractivity contribution in [3.8, 4) is 5.75 Å². The minimum atomic E-state index is 0.762. The van der Waals surface area contributed by atoms with Gasteiger partial charge in [-0.2, -0.15) is 0 Å². The summed E-state index contributed by atoms with van der Waals surface area (Å²) in [5, 5.41) is 0.762. The number of hydrogen-bond acceptors (Lipinski definition) is 1. The molecule has 0 radical (unpaired) electrons. The molecule has 0 N–H and O–H groups in total. The van der Waals surface area contributed by atoms with Crippen molar-refractivity contribution in [2.45, 2.75) is 13.3 Å². The first-order valence-electron chi connectivity index (χ1n) is 3.71. The molecule has 0 aliphatic rings. The Morgan fingerprint density at radius 3 is 2.67 bits per heavy atom. The molecule has 1 rings (SSSR count). The smallest absolute Gasteiger partial charge is 0.134 e. The number of rotatable bonds is 2. The van der Waals surface area contributed by atoms with Crippen LogP contribution in [0.25, 0.3) is 0 Å². The Bertz CT molecular complexity index is 256. The molecule has 0 spiro atoms. The maximum atomic E-state index is 5.98. The molecule has 0 unspecified atom stereocenters. The zero-order valence-electron chi connectivity index (χ0n) is 7.03. The van der Waals surface area contributed by atoms with E-state index in [0.717, 1.165) is 27.2 Å². The number of ether oxygens (including phenoxy) is 1. The second-order valence-corrected chi connectivity index (χ2v) is 3.69. The minimum absolute atomic E-state index is 0.762. The third-order valence-electron chi connectivity index (χ3n) is 1.70. The van der Waals surface area contributed by atoms with Crippen LogP contribution in [0.4, 0.5) is 0 Å². The largest absolute Gasteiger partial charge is 0.496 e. The number of aryl methyl sites for hydroxylation is 1. The average molecular weight is 250 g/mol. The highest BCUT2D eigenvalue weighted by atomic mass is 79.9. The molecule has 0 bridgehead atoms. The third-order valence-corrected chi connectivity index (χ3v) is 2.67. The summed E-state index contributed by atoms with van der Waals surface area (Å²) in [6.07, 6.45) is 0.932. The van der Waals surface area contributed by atoms with Crippen LogP contribution in [0.15, 0.2) is 16.6 Å². The van der Waals surface area contributed by atoms with E-state index in [9.17, 15) is 0 Å². The van der Waals surface area contributed by atoms with E-state index in [1.807, 2.05) is 12.1 Å². The van der Waals surface area contributed by atoms with E-state index in [1.54, 1.807) is 7.11 Å². The van der Waals surface area contributed by atoms with Crippen molar-refractivity contribution in [2.75, 3.05) is 7.11 Å². The van der Waals surface area contributed by atoms with Gasteiger partial charge in [0.15, 0.2) is 0 Å². The Morgan fingerprint density at radius 2 is 2.17 bits per heavy atom.